The molecule has 1 atom stereocenters. The third-order valence-electron chi connectivity index (χ3n) is 4.31. The summed E-state index contributed by atoms with van der Waals surface area (Å²) in [5.74, 6) is -1.27. The summed E-state index contributed by atoms with van der Waals surface area (Å²) in [5, 5.41) is 0. The van der Waals surface area contributed by atoms with Gasteiger partial charge in [-0.3, -0.25) is 14.4 Å². The molecular weight excluding hydrogens is 364 g/mol. The topological polar surface area (TPSA) is 60.4 Å². The molecule has 0 N–H and O–H groups in total. The van der Waals surface area contributed by atoms with Crippen molar-refractivity contribution in [2.75, 3.05) is 0 Å². The van der Waals surface area contributed by atoms with E-state index in [4.69, 9.17) is 4.74 Å². The van der Waals surface area contributed by atoms with Crippen molar-refractivity contribution in [2.45, 2.75) is 13.0 Å². The maximum atomic E-state index is 13.2. The Labute approximate surface area is 169 Å². The number of esters is 1. The number of hydrogen-bond acceptors (Lipinski definition) is 4. The lowest BCUT2D eigenvalue weighted by Crippen LogP contribution is -2.28. The molecule has 0 heterocycles. The molecule has 3 aromatic carbocycles. The molecule has 0 bridgehead atoms. The second-order valence-corrected chi connectivity index (χ2v) is 6.42. The number of ketones is 2. The van der Waals surface area contributed by atoms with Crippen LogP contribution in [-0.2, 0) is 9.53 Å². The van der Waals surface area contributed by atoms with Crippen molar-refractivity contribution in [2.24, 2.45) is 0 Å². The van der Waals surface area contributed by atoms with E-state index in [0.29, 0.717) is 22.3 Å². The number of carbonyl (C=O) groups is 3. The Bertz CT molecular complexity index is 1020. The SMILES string of the molecule is CC(=O)OC(C(=O)c1ccccc1)/C(=C/C(=O)c1ccccc1)c1ccccc1. The first-order valence-electron chi connectivity index (χ1n) is 9.19. The van der Waals surface area contributed by atoms with Crippen molar-refractivity contribution in [3.8, 4) is 0 Å². The minimum atomic E-state index is -1.23. The van der Waals surface area contributed by atoms with Gasteiger partial charge in [0.25, 0.3) is 0 Å². The number of hydrogen-bond donors (Lipinski definition) is 0. The second kappa shape index (κ2) is 9.42. The van der Waals surface area contributed by atoms with Crippen molar-refractivity contribution in [3.05, 3.63) is 114 Å². The molecule has 0 aliphatic carbocycles. The molecule has 0 fully saturated rings. The molecule has 144 valence electrons. The Morgan fingerprint density at radius 1 is 0.690 bits per heavy atom. The van der Waals surface area contributed by atoms with Crippen LogP contribution in [0.2, 0.25) is 0 Å². The monoisotopic (exact) mass is 384 g/mol. The third kappa shape index (κ3) is 5.14. The normalized spacial score (nSPS) is 12.1. The fourth-order valence-corrected chi connectivity index (χ4v) is 2.95. The molecule has 0 aliphatic heterocycles. The molecule has 4 nitrogen and oxygen atoms in total. The number of Topliss-reactive ketones (excluding diaryl/α,β-unsaturated/α-hetero) is 1. The third-order valence-corrected chi connectivity index (χ3v) is 4.31. The van der Waals surface area contributed by atoms with Gasteiger partial charge in [-0.1, -0.05) is 91.0 Å². The number of benzene rings is 3. The summed E-state index contributed by atoms with van der Waals surface area (Å²) in [6.45, 7) is 1.24. The predicted molar refractivity (Wildman–Crippen MR) is 112 cm³/mol. The molecule has 0 spiro atoms. The zero-order valence-electron chi connectivity index (χ0n) is 15.9. The molecular formula is C25H20O4. The highest BCUT2D eigenvalue weighted by Crippen LogP contribution is 2.25. The van der Waals surface area contributed by atoms with Crippen LogP contribution >= 0.6 is 0 Å². The quantitative estimate of drug-likeness (QED) is 0.335. The summed E-state index contributed by atoms with van der Waals surface area (Å²) in [5.41, 5.74) is 1.85. The van der Waals surface area contributed by atoms with E-state index < -0.39 is 17.9 Å². The largest absolute Gasteiger partial charge is 0.449 e. The highest BCUT2D eigenvalue weighted by atomic mass is 16.5. The molecule has 0 aliphatic rings. The summed E-state index contributed by atoms with van der Waals surface area (Å²) in [6.07, 6.45) is 0.143. The molecule has 0 aromatic heterocycles. The van der Waals surface area contributed by atoms with Crippen molar-refractivity contribution >= 4 is 23.1 Å². The highest BCUT2D eigenvalue weighted by Gasteiger charge is 2.29. The van der Waals surface area contributed by atoms with E-state index in [-0.39, 0.29) is 5.78 Å². The summed E-state index contributed by atoms with van der Waals surface area (Å²) >= 11 is 0. The van der Waals surface area contributed by atoms with Crippen molar-refractivity contribution in [1.29, 1.82) is 0 Å². The number of carbonyl (C=O) groups excluding carboxylic acids is 3. The van der Waals surface area contributed by atoms with E-state index in [0.717, 1.165) is 0 Å². The van der Waals surface area contributed by atoms with Crippen LogP contribution in [-0.4, -0.2) is 23.6 Å². The van der Waals surface area contributed by atoms with E-state index in [2.05, 4.69) is 0 Å². The van der Waals surface area contributed by atoms with Gasteiger partial charge in [0, 0.05) is 23.6 Å². The smallest absolute Gasteiger partial charge is 0.303 e. The fourth-order valence-electron chi connectivity index (χ4n) is 2.95. The Hall–Kier alpha value is -3.79. The van der Waals surface area contributed by atoms with Crippen LogP contribution in [0.25, 0.3) is 5.57 Å². The lowest BCUT2D eigenvalue weighted by atomic mass is 9.92. The maximum Gasteiger partial charge on any atom is 0.303 e. The minimum absolute atomic E-state index is 0.275. The molecule has 0 saturated heterocycles. The van der Waals surface area contributed by atoms with Gasteiger partial charge in [0.1, 0.15) is 0 Å². The van der Waals surface area contributed by atoms with E-state index in [9.17, 15) is 14.4 Å². The average Bonchev–Trinajstić information content (AvgIpc) is 2.77. The first-order chi connectivity index (χ1) is 14.1. The Balaban J connectivity index is 2.10. The zero-order chi connectivity index (χ0) is 20.6. The molecule has 0 saturated carbocycles. The molecule has 4 heteroatoms. The van der Waals surface area contributed by atoms with Crippen LogP contribution in [0, 0.1) is 0 Å². The lowest BCUT2D eigenvalue weighted by Gasteiger charge is -2.20. The summed E-state index contributed by atoms with van der Waals surface area (Å²) in [6, 6.07) is 26.3. The first kappa shape index (κ1) is 20.0. The van der Waals surface area contributed by atoms with Gasteiger partial charge in [-0.15, -0.1) is 0 Å². The average molecular weight is 384 g/mol. The lowest BCUT2D eigenvalue weighted by molar-refractivity contribution is -0.142. The standard InChI is InChI=1S/C25H20O4/c1-18(26)29-25(24(28)21-15-9-4-10-16-21)22(19-11-5-2-6-12-19)17-23(27)20-13-7-3-8-14-20/h2-17,25H,1H3/b22-17+. The molecule has 0 radical (unpaired) electrons. The molecule has 0 amide bonds. The van der Waals surface area contributed by atoms with Gasteiger partial charge in [-0.2, -0.15) is 0 Å². The number of rotatable bonds is 7. The van der Waals surface area contributed by atoms with Gasteiger partial charge in [0.05, 0.1) is 0 Å². The van der Waals surface area contributed by atoms with Gasteiger partial charge in [-0.25, -0.2) is 0 Å². The van der Waals surface area contributed by atoms with Gasteiger partial charge in [0.2, 0.25) is 5.78 Å². The van der Waals surface area contributed by atoms with E-state index in [1.165, 1.54) is 13.0 Å². The Morgan fingerprint density at radius 3 is 1.62 bits per heavy atom. The van der Waals surface area contributed by atoms with Crippen molar-refractivity contribution < 1.29 is 19.1 Å². The molecule has 1 unspecified atom stereocenters. The van der Waals surface area contributed by atoms with E-state index >= 15 is 0 Å². The molecule has 29 heavy (non-hydrogen) atoms. The van der Waals surface area contributed by atoms with Crippen molar-refractivity contribution in [3.63, 3.8) is 0 Å². The summed E-state index contributed by atoms with van der Waals surface area (Å²) in [4.78, 5) is 37.8. The van der Waals surface area contributed by atoms with E-state index in [1.807, 2.05) is 12.1 Å². The molecule has 3 rings (SSSR count). The number of allylic oxidation sites excluding steroid dienone is 1. The Kier molecular flexibility index (Phi) is 6.48. The maximum absolute atomic E-state index is 13.2. The van der Waals surface area contributed by atoms with Gasteiger partial charge < -0.3 is 4.74 Å². The van der Waals surface area contributed by atoms with Crippen LogP contribution < -0.4 is 0 Å². The van der Waals surface area contributed by atoms with Crippen LogP contribution in [0.15, 0.2) is 97.1 Å². The van der Waals surface area contributed by atoms with Crippen LogP contribution in [0.3, 0.4) is 0 Å². The van der Waals surface area contributed by atoms with Crippen LogP contribution in [0.4, 0.5) is 0 Å². The highest BCUT2D eigenvalue weighted by molar-refractivity contribution is 6.14. The van der Waals surface area contributed by atoms with Gasteiger partial charge in [-0.05, 0) is 11.6 Å². The first-order valence-corrected chi connectivity index (χ1v) is 9.19. The summed E-state index contributed by atoms with van der Waals surface area (Å²) in [7, 11) is 0. The second-order valence-electron chi connectivity index (χ2n) is 6.42. The van der Waals surface area contributed by atoms with Crippen LogP contribution in [0.5, 0.6) is 0 Å². The van der Waals surface area contributed by atoms with Gasteiger partial charge >= 0.3 is 5.97 Å². The fraction of sp³-hybridized carbons (Fsp3) is 0.0800. The minimum Gasteiger partial charge on any atom is -0.449 e. The zero-order valence-corrected chi connectivity index (χ0v) is 15.9. The number of ether oxygens (including phenoxy) is 1. The van der Waals surface area contributed by atoms with Crippen LogP contribution in [0.1, 0.15) is 33.2 Å². The summed E-state index contributed by atoms with van der Waals surface area (Å²) < 4.78 is 5.41. The predicted octanol–water partition coefficient (Wildman–Crippen LogP) is 4.77. The van der Waals surface area contributed by atoms with Gasteiger partial charge in [0.15, 0.2) is 11.9 Å². The van der Waals surface area contributed by atoms with Crippen molar-refractivity contribution in [1.82, 2.24) is 0 Å². The van der Waals surface area contributed by atoms with E-state index in [1.54, 1.807) is 78.9 Å². The molecule has 3 aromatic rings. The Morgan fingerprint density at radius 2 is 1.14 bits per heavy atom.